The lowest BCUT2D eigenvalue weighted by molar-refractivity contribution is 0.0975. The minimum absolute atomic E-state index is 0. The highest BCUT2D eigenvalue weighted by atomic mass is 35.5. The molecule has 3 aliphatic carbocycles. The zero-order valence-electron chi connectivity index (χ0n) is 13.9. The first-order chi connectivity index (χ1) is 11.2. The second-order valence-electron chi connectivity index (χ2n) is 7.41. The van der Waals surface area contributed by atoms with E-state index in [0.717, 1.165) is 36.6 Å². The van der Waals surface area contributed by atoms with Crippen LogP contribution in [0.5, 0.6) is 0 Å². The zero-order chi connectivity index (χ0) is 15.8. The average molecular weight is 350 g/mol. The Labute approximate surface area is 149 Å². The third-order valence-electron chi connectivity index (χ3n) is 6.07. The number of allylic oxidation sites excluding steroid dienone is 2. The molecule has 5 rings (SSSR count). The Morgan fingerprint density at radius 2 is 1.62 bits per heavy atom. The lowest BCUT2D eigenvalue weighted by atomic mass is 9.64. The van der Waals surface area contributed by atoms with Gasteiger partial charge in [-0.2, -0.15) is 0 Å². The standard InChI is InChI=1S/C20H24FNO.ClH/c21-17-9-7-16(8-10-17)20(23)2-1-11-22-12-18-14-3-4-15(6-5-14)19(18)13-22;/h3-4,7-10,14-15,18-19H,1-2,5-6,11-13H2;1H. The van der Waals surface area contributed by atoms with Crippen molar-refractivity contribution in [3.8, 4) is 0 Å². The van der Waals surface area contributed by atoms with Gasteiger partial charge >= 0.3 is 0 Å². The summed E-state index contributed by atoms with van der Waals surface area (Å²) in [5.74, 6) is 3.15. The molecule has 1 saturated carbocycles. The number of carbonyl (C=O) groups is 1. The Kier molecular flexibility index (Phi) is 5.41. The molecule has 2 bridgehead atoms. The summed E-state index contributed by atoms with van der Waals surface area (Å²) in [5, 5.41) is 0. The molecule has 0 amide bonds. The van der Waals surface area contributed by atoms with Crippen molar-refractivity contribution < 1.29 is 9.18 Å². The highest BCUT2D eigenvalue weighted by molar-refractivity contribution is 5.95. The number of halogens is 2. The quantitative estimate of drug-likeness (QED) is 0.581. The van der Waals surface area contributed by atoms with Crippen molar-refractivity contribution in [2.75, 3.05) is 19.6 Å². The van der Waals surface area contributed by atoms with Crippen molar-refractivity contribution in [1.82, 2.24) is 4.90 Å². The first-order valence-corrected chi connectivity index (χ1v) is 8.90. The molecule has 1 aliphatic heterocycles. The lowest BCUT2D eigenvalue weighted by Gasteiger charge is -2.40. The van der Waals surface area contributed by atoms with Gasteiger partial charge in [0.15, 0.2) is 5.78 Å². The summed E-state index contributed by atoms with van der Waals surface area (Å²) in [6.45, 7) is 3.43. The van der Waals surface area contributed by atoms with E-state index >= 15 is 0 Å². The Balaban J connectivity index is 0.00000169. The molecular weight excluding hydrogens is 325 g/mol. The molecular formula is C20H25ClFNO. The van der Waals surface area contributed by atoms with Crippen LogP contribution in [-0.2, 0) is 0 Å². The maximum Gasteiger partial charge on any atom is 0.162 e. The van der Waals surface area contributed by atoms with Crippen LogP contribution in [0.2, 0.25) is 0 Å². The van der Waals surface area contributed by atoms with E-state index in [1.165, 1.54) is 38.1 Å². The first-order valence-electron chi connectivity index (χ1n) is 8.90. The van der Waals surface area contributed by atoms with Crippen molar-refractivity contribution in [3.63, 3.8) is 0 Å². The van der Waals surface area contributed by atoms with Crippen LogP contribution >= 0.6 is 12.4 Å². The molecule has 4 heteroatoms. The first kappa shape index (κ1) is 17.6. The third kappa shape index (κ3) is 3.43. The Morgan fingerprint density at radius 1 is 1.04 bits per heavy atom. The van der Waals surface area contributed by atoms with Gasteiger partial charge in [-0.05, 0) is 73.7 Å². The van der Waals surface area contributed by atoms with Crippen LogP contribution in [0.1, 0.15) is 36.0 Å². The SMILES string of the molecule is Cl.O=C(CCCN1CC2C3C=CC(CC3)C2C1)c1ccc(F)cc1. The molecule has 0 N–H and O–H groups in total. The van der Waals surface area contributed by atoms with Gasteiger partial charge in [-0.3, -0.25) is 4.79 Å². The molecule has 24 heavy (non-hydrogen) atoms. The van der Waals surface area contributed by atoms with Gasteiger partial charge in [-0.1, -0.05) is 12.2 Å². The fourth-order valence-electron chi connectivity index (χ4n) is 4.85. The minimum atomic E-state index is -0.288. The molecule has 1 aromatic carbocycles. The number of carbonyl (C=O) groups excluding carboxylic acids is 1. The monoisotopic (exact) mass is 349 g/mol. The maximum absolute atomic E-state index is 12.9. The second kappa shape index (κ2) is 7.37. The summed E-state index contributed by atoms with van der Waals surface area (Å²) in [6.07, 6.45) is 9.12. The molecule has 1 heterocycles. The van der Waals surface area contributed by atoms with Gasteiger partial charge < -0.3 is 4.90 Å². The summed E-state index contributed by atoms with van der Waals surface area (Å²) < 4.78 is 12.9. The van der Waals surface area contributed by atoms with Crippen LogP contribution in [-0.4, -0.2) is 30.3 Å². The largest absolute Gasteiger partial charge is 0.303 e. The maximum atomic E-state index is 12.9. The van der Waals surface area contributed by atoms with Crippen LogP contribution in [0.3, 0.4) is 0 Å². The van der Waals surface area contributed by atoms with Crippen LogP contribution in [0.4, 0.5) is 4.39 Å². The number of hydrogen-bond acceptors (Lipinski definition) is 2. The predicted octanol–water partition coefficient (Wildman–Crippen LogP) is 4.35. The van der Waals surface area contributed by atoms with Gasteiger partial charge in [0.05, 0.1) is 0 Å². The van der Waals surface area contributed by atoms with Gasteiger partial charge in [0.25, 0.3) is 0 Å². The number of fused-ring (bicyclic) bond motifs is 1. The molecule has 0 radical (unpaired) electrons. The van der Waals surface area contributed by atoms with Crippen molar-refractivity contribution in [3.05, 3.63) is 47.8 Å². The molecule has 130 valence electrons. The average Bonchev–Trinajstić information content (AvgIpc) is 3.02. The van der Waals surface area contributed by atoms with Gasteiger partial charge in [0.2, 0.25) is 0 Å². The number of likely N-dealkylation sites (tertiary alicyclic amines) is 1. The molecule has 1 saturated heterocycles. The van der Waals surface area contributed by atoms with E-state index in [-0.39, 0.29) is 24.0 Å². The van der Waals surface area contributed by atoms with Crippen LogP contribution in [0.25, 0.3) is 0 Å². The summed E-state index contributed by atoms with van der Waals surface area (Å²) in [5.41, 5.74) is 0.628. The molecule has 4 unspecified atom stereocenters. The van der Waals surface area contributed by atoms with Crippen molar-refractivity contribution in [1.29, 1.82) is 0 Å². The number of ketones is 1. The van der Waals surface area contributed by atoms with Crippen LogP contribution in [0.15, 0.2) is 36.4 Å². The van der Waals surface area contributed by atoms with Crippen molar-refractivity contribution >= 4 is 18.2 Å². The fraction of sp³-hybridized carbons (Fsp3) is 0.550. The van der Waals surface area contributed by atoms with E-state index in [0.29, 0.717) is 12.0 Å². The topological polar surface area (TPSA) is 20.3 Å². The summed E-state index contributed by atoms with van der Waals surface area (Å²) in [7, 11) is 0. The second-order valence-corrected chi connectivity index (χ2v) is 7.41. The summed E-state index contributed by atoms with van der Waals surface area (Å²) in [6, 6.07) is 5.90. The third-order valence-corrected chi connectivity index (χ3v) is 6.07. The van der Waals surface area contributed by atoms with E-state index in [2.05, 4.69) is 17.1 Å². The van der Waals surface area contributed by atoms with E-state index in [9.17, 15) is 9.18 Å². The molecule has 0 aromatic heterocycles. The molecule has 4 atom stereocenters. The van der Waals surface area contributed by atoms with Gasteiger partial charge in [-0.25, -0.2) is 4.39 Å². The van der Waals surface area contributed by atoms with E-state index < -0.39 is 0 Å². The molecule has 2 fully saturated rings. The number of rotatable bonds is 5. The van der Waals surface area contributed by atoms with E-state index in [1.54, 1.807) is 12.1 Å². The smallest absolute Gasteiger partial charge is 0.162 e. The van der Waals surface area contributed by atoms with Gasteiger partial charge in [0.1, 0.15) is 5.82 Å². The molecule has 0 spiro atoms. The Morgan fingerprint density at radius 3 is 2.17 bits per heavy atom. The number of benzene rings is 1. The minimum Gasteiger partial charge on any atom is -0.303 e. The number of nitrogens with zero attached hydrogens (tertiary/aromatic N) is 1. The van der Waals surface area contributed by atoms with Crippen LogP contribution in [0, 0.1) is 29.5 Å². The summed E-state index contributed by atoms with van der Waals surface area (Å²) in [4.78, 5) is 14.7. The normalized spacial score (nSPS) is 30.9. The number of hydrogen-bond donors (Lipinski definition) is 0. The Bertz CT molecular complexity index is 593. The van der Waals surface area contributed by atoms with E-state index in [4.69, 9.17) is 0 Å². The molecule has 1 aromatic rings. The predicted molar refractivity (Wildman–Crippen MR) is 96.0 cm³/mol. The zero-order valence-corrected chi connectivity index (χ0v) is 14.7. The van der Waals surface area contributed by atoms with Crippen LogP contribution < -0.4 is 0 Å². The fourth-order valence-corrected chi connectivity index (χ4v) is 4.85. The Hall–Kier alpha value is -1.19. The van der Waals surface area contributed by atoms with Gasteiger partial charge in [0, 0.05) is 25.1 Å². The van der Waals surface area contributed by atoms with Crippen molar-refractivity contribution in [2.45, 2.75) is 25.7 Å². The van der Waals surface area contributed by atoms with E-state index in [1.807, 2.05) is 0 Å². The molecule has 2 nitrogen and oxygen atoms in total. The summed E-state index contributed by atoms with van der Waals surface area (Å²) >= 11 is 0. The highest BCUT2D eigenvalue weighted by Gasteiger charge is 2.45. The van der Waals surface area contributed by atoms with Crippen molar-refractivity contribution in [2.24, 2.45) is 23.7 Å². The van der Waals surface area contributed by atoms with Gasteiger partial charge in [-0.15, -0.1) is 12.4 Å². The lowest BCUT2D eigenvalue weighted by Crippen LogP contribution is -2.35. The number of Topliss-reactive ketones (excluding diaryl/α,β-unsaturated/α-hetero) is 1. The molecule has 4 aliphatic rings. The highest BCUT2D eigenvalue weighted by Crippen LogP contribution is 2.48.